The number of hydrogen-bond acceptors (Lipinski definition) is 9. The maximum absolute atomic E-state index is 11.9. The number of aliphatic carboxylic acids is 1. The second-order valence-corrected chi connectivity index (χ2v) is 6.92. The van der Waals surface area contributed by atoms with Crippen LogP contribution in [-0.4, -0.2) is 93.7 Å². The Morgan fingerprint density at radius 2 is 1.31 bits per heavy atom. The van der Waals surface area contributed by atoms with Gasteiger partial charge in [0.05, 0.1) is 26.4 Å². The van der Waals surface area contributed by atoms with Gasteiger partial charge in [-0.3, -0.25) is 4.79 Å². The first kappa shape index (κ1) is 34.2. The van der Waals surface area contributed by atoms with Crippen molar-refractivity contribution in [1.29, 1.82) is 0 Å². The molecular weight excluding hydrogens is 466 g/mol. The van der Waals surface area contributed by atoms with E-state index in [0.29, 0.717) is 52.0 Å². The zero-order valence-corrected chi connectivity index (χ0v) is 21.1. The number of nitrogens with one attached hydrogen (secondary N) is 3. The summed E-state index contributed by atoms with van der Waals surface area (Å²) in [6.07, 6.45) is 1.78. The first-order valence-electron chi connectivity index (χ1n) is 11.7. The minimum atomic E-state index is -1.14. The Hall–Kier alpha value is -2.93. The van der Waals surface area contributed by atoms with E-state index < -0.39 is 30.2 Å². The molecule has 4 N–H and O–H groups in total. The fourth-order valence-corrected chi connectivity index (χ4v) is 2.11. The second kappa shape index (κ2) is 24.2. The van der Waals surface area contributed by atoms with Gasteiger partial charge >= 0.3 is 18.2 Å². The molecule has 0 fully saturated rings. The zero-order chi connectivity index (χ0) is 26.9. The number of hydrogen-bond donors (Lipinski definition) is 4. The normalized spacial score (nSPS) is 11.7. The Kier molecular flexibility index (Phi) is 23.7. The van der Waals surface area contributed by atoms with Gasteiger partial charge in [-0.1, -0.05) is 13.8 Å². The highest BCUT2D eigenvalue weighted by atomic mass is 16.6. The van der Waals surface area contributed by atoms with Gasteiger partial charge in [0.15, 0.2) is 6.04 Å². The summed E-state index contributed by atoms with van der Waals surface area (Å²) < 4.78 is 19.6. The fraction of sp³-hybridized carbons (Fsp3) is 0.773. The third-order valence-electron chi connectivity index (χ3n) is 3.85. The molecule has 0 rings (SSSR count). The number of carbonyl (C=O) groups excluding carboxylic acids is 4. The number of alkyl carbamates (subject to hydrolysis) is 2. The minimum Gasteiger partial charge on any atom is -0.480 e. The Morgan fingerprint density at radius 1 is 0.829 bits per heavy atom. The predicted octanol–water partition coefficient (Wildman–Crippen LogP) is 1.24. The summed E-state index contributed by atoms with van der Waals surface area (Å²) in [6, 6.07) is -1.86. The van der Waals surface area contributed by atoms with Crippen LogP contribution >= 0.6 is 0 Å². The average Bonchev–Trinajstić information content (AvgIpc) is 2.84. The van der Waals surface area contributed by atoms with E-state index in [1.165, 1.54) is 0 Å². The smallest absolute Gasteiger partial charge is 0.407 e. The molecule has 0 aromatic heterocycles. The molecule has 0 radical (unpaired) electrons. The summed E-state index contributed by atoms with van der Waals surface area (Å²) in [6.45, 7) is 9.09. The van der Waals surface area contributed by atoms with Gasteiger partial charge in [-0.05, 0) is 33.1 Å². The first-order valence-corrected chi connectivity index (χ1v) is 11.7. The van der Waals surface area contributed by atoms with Crippen LogP contribution in [0.4, 0.5) is 9.59 Å². The van der Waals surface area contributed by atoms with E-state index in [2.05, 4.69) is 20.7 Å². The van der Waals surface area contributed by atoms with Gasteiger partial charge in [0, 0.05) is 26.2 Å². The number of carbonyl (C=O) groups is 5. The molecule has 0 aromatic rings. The van der Waals surface area contributed by atoms with E-state index in [4.69, 9.17) is 19.3 Å². The molecule has 13 nitrogen and oxygen atoms in total. The molecule has 0 saturated heterocycles. The van der Waals surface area contributed by atoms with Crippen molar-refractivity contribution in [2.45, 2.75) is 65.5 Å². The van der Waals surface area contributed by atoms with Crippen molar-refractivity contribution >= 4 is 30.3 Å². The second-order valence-electron chi connectivity index (χ2n) is 6.92. The summed E-state index contributed by atoms with van der Waals surface area (Å²) in [4.78, 5) is 55.2. The van der Waals surface area contributed by atoms with Crippen molar-refractivity contribution in [1.82, 2.24) is 16.0 Å². The van der Waals surface area contributed by atoms with Crippen molar-refractivity contribution in [3.63, 3.8) is 0 Å². The number of carboxylic acid groups (broad SMARTS) is 1. The molecule has 2 atom stereocenters. The Bertz CT molecular complexity index is 604. The van der Waals surface area contributed by atoms with Crippen molar-refractivity contribution < 1.29 is 48.0 Å². The average molecular weight is 508 g/mol. The van der Waals surface area contributed by atoms with E-state index in [0.717, 1.165) is 6.29 Å². The van der Waals surface area contributed by atoms with E-state index in [-0.39, 0.29) is 25.7 Å². The van der Waals surface area contributed by atoms with E-state index in [9.17, 15) is 24.0 Å². The van der Waals surface area contributed by atoms with Crippen molar-refractivity contribution in [2.24, 2.45) is 0 Å². The summed E-state index contributed by atoms with van der Waals surface area (Å²) in [5.41, 5.74) is 0. The number of aldehydes is 1. The SMILES string of the molecule is CCCOC(=O)NC(COCC)C(=O)NCCCC=O.CCCOC(=O)NC(COCC)C(=O)O. The van der Waals surface area contributed by atoms with Gasteiger partial charge < -0.3 is 44.8 Å². The van der Waals surface area contributed by atoms with Gasteiger partial charge in [-0.25, -0.2) is 14.4 Å². The van der Waals surface area contributed by atoms with Crippen LogP contribution in [0.5, 0.6) is 0 Å². The number of ether oxygens (including phenoxy) is 4. The number of rotatable bonds is 18. The van der Waals surface area contributed by atoms with Gasteiger partial charge in [0.1, 0.15) is 12.3 Å². The summed E-state index contributed by atoms with van der Waals surface area (Å²) >= 11 is 0. The first-order chi connectivity index (χ1) is 16.8. The highest BCUT2D eigenvalue weighted by Crippen LogP contribution is 1.92. The van der Waals surface area contributed by atoms with Crippen LogP contribution in [0.2, 0.25) is 0 Å². The monoisotopic (exact) mass is 507 g/mol. The molecule has 0 heterocycles. The summed E-state index contributed by atoms with van der Waals surface area (Å²) in [7, 11) is 0. The molecule has 0 aromatic carbocycles. The van der Waals surface area contributed by atoms with Crippen LogP contribution in [0.1, 0.15) is 53.4 Å². The molecule has 35 heavy (non-hydrogen) atoms. The standard InChI is InChI=1S/C13H24N2O5.C9H17NO5/c1-3-9-20-13(18)15-11(10-19-4-2)12(17)14-7-5-6-8-16;1-3-5-15-9(13)10-7(8(11)12)6-14-4-2/h8,11H,3-7,9-10H2,1-2H3,(H,14,17)(H,15,18);7H,3-6H2,1-2H3,(H,10,13)(H,11,12). The Balaban J connectivity index is 0. The highest BCUT2D eigenvalue weighted by molar-refractivity contribution is 5.85. The molecule has 2 unspecified atom stereocenters. The van der Waals surface area contributed by atoms with E-state index >= 15 is 0 Å². The van der Waals surface area contributed by atoms with Crippen LogP contribution in [0.15, 0.2) is 0 Å². The lowest BCUT2D eigenvalue weighted by atomic mass is 10.2. The van der Waals surface area contributed by atoms with Crippen LogP contribution in [0, 0.1) is 0 Å². The van der Waals surface area contributed by atoms with Crippen LogP contribution < -0.4 is 16.0 Å². The van der Waals surface area contributed by atoms with Crippen molar-refractivity contribution in [3.8, 4) is 0 Å². The van der Waals surface area contributed by atoms with Crippen molar-refractivity contribution in [3.05, 3.63) is 0 Å². The highest BCUT2D eigenvalue weighted by Gasteiger charge is 2.21. The number of unbranched alkanes of at least 4 members (excludes halogenated alkanes) is 1. The predicted molar refractivity (Wildman–Crippen MR) is 126 cm³/mol. The topological polar surface area (TPSA) is 179 Å². The Morgan fingerprint density at radius 3 is 1.74 bits per heavy atom. The summed E-state index contributed by atoms with van der Waals surface area (Å²) in [5.74, 6) is -1.49. The van der Waals surface area contributed by atoms with Crippen LogP contribution in [0.3, 0.4) is 0 Å². The third-order valence-corrected chi connectivity index (χ3v) is 3.85. The molecule has 0 spiro atoms. The third kappa shape index (κ3) is 21.3. The Labute approximate surface area is 206 Å². The molecule has 0 aliphatic rings. The molecule has 0 saturated carbocycles. The van der Waals surface area contributed by atoms with Crippen molar-refractivity contribution in [2.75, 3.05) is 46.2 Å². The quantitative estimate of drug-likeness (QED) is 0.156. The van der Waals surface area contributed by atoms with E-state index in [1.54, 1.807) is 13.8 Å². The fourth-order valence-electron chi connectivity index (χ4n) is 2.11. The van der Waals surface area contributed by atoms with E-state index in [1.807, 2.05) is 13.8 Å². The lowest BCUT2D eigenvalue weighted by molar-refractivity contribution is -0.141. The number of carboxylic acids is 1. The van der Waals surface area contributed by atoms with Gasteiger partial charge in [-0.2, -0.15) is 0 Å². The molecule has 0 aliphatic heterocycles. The largest absolute Gasteiger partial charge is 0.480 e. The molecule has 0 aliphatic carbocycles. The molecule has 13 heteroatoms. The van der Waals surface area contributed by atoms with Gasteiger partial charge in [-0.15, -0.1) is 0 Å². The maximum atomic E-state index is 11.9. The van der Waals surface area contributed by atoms with Crippen LogP contribution in [0.25, 0.3) is 0 Å². The summed E-state index contributed by atoms with van der Waals surface area (Å²) in [5, 5.41) is 16.0. The van der Waals surface area contributed by atoms with Crippen LogP contribution in [-0.2, 0) is 33.3 Å². The molecular formula is C22H41N3O10. The van der Waals surface area contributed by atoms with Gasteiger partial charge in [0.2, 0.25) is 5.91 Å². The maximum Gasteiger partial charge on any atom is 0.407 e. The number of amides is 3. The molecule has 3 amide bonds. The molecule has 204 valence electrons. The zero-order valence-electron chi connectivity index (χ0n) is 21.1. The minimum absolute atomic E-state index is 0.0624. The lowest BCUT2D eigenvalue weighted by Crippen LogP contribution is -2.49. The molecule has 0 bridgehead atoms. The lowest BCUT2D eigenvalue weighted by Gasteiger charge is -2.18. The van der Waals surface area contributed by atoms with Gasteiger partial charge in [0.25, 0.3) is 0 Å².